The molecule has 0 saturated heterocycles. The molecule has 21 heavy (non-hydrogen) atoms. The van der Waals surface area contributed by atoms with E-state index in [1.165, 1.54) is 13.2 Å². The first-order valence-corrected chi connectivity index (χ1v) is 9.26. The predicted molar refractivity (Wildman–Crippen MR) is 86.8 cm³/mol. The Morgan fingerprint density at radius 3 is 2.71 bits per heavy atom. The van der Waals surface area contributed by atoms with Crippen molar-refractivity contribution in [3.63, 3.8) is 0 Å². The minimum absolute atomic E-state index is 0.0201. The highest BCUT2D eigenvalue weighted by atomic mass is 79.9. The minimum Gasteiger partial charge on any atom is -0.495 e. The SMILES string of the molecule is COc1cc(Br)c(N)cc1S(=O)(=O)NC1CCCC(C)C1. The van der Waals surface area contributed by atoms with Crippen LogP contribution in [-0.4, -0.2) is 21.6 Å². The Labute approximate surface area is 134 Å². The molecule has 0 spiro atoms. The number of benzene rings is 1. The van der Waals surface area contributed by atoms with E-state index in [1.807, 2.05) is 0 Å². The second kappa shape index (κ2) is 6.54. The molecule has 0 bridgehead atoms. The van der Waals surface area contributed by atoms with Gasteiger partial charge in [0.15, 0.2) is 0 Å². The molecule has 1 aromatic carbocycles. The lowest BCUT2D eigenvalue weighted by Crippen LogP contribution is -2.38. The molecule has 118 valence electrons. The summed E-state index contributed by atoms with van der Waals surface area (Å²) in [5, 5.41) is 0. The number of hydrogen-bond donors (Lipinski definition) is 2. The third-order valence-electron chi connectivity index (χ3n) is 3.83. The van der Waals surface area contributed by atoms with Crippen LogP contribution in [0.25, 0.3) is 0 Å². The molecule has 1 saturated carbocycles. The molecule has 7 heteroatoms. The average Bonchev–Trinajstić information content (AvgIpc) is 2.40. The van der Waals surface area contributed by atoms with E-state index in [4.69, 9.17) is 10.5 Å². The first kappa shape index (κ1) is 16.6. The normalized spacial score (nSPS) is 23.0. The van der Waals surface area contributed by atoms with Gasteiger partial charge >= 0.3 is 0 Å². The summed E-state index contributed by atoms with van der Waals surface area (Å²) in [5.74, 6) is 0.829. The van der Waals surface area contributed by atoms with E-state index in [1.54, 1.807) is 6.07 Å². The van der Waals surface area contributed by atoms with Crippen LogP contribution in [0.2, 0.25) is 0 Å². The molecule has 1 aliphatic rings. The Bertz CT molecular complexity index is 619. The Morgan fingerprint density at radius 1 is 1.38 bits per heavy atom. The van der Waals surface area contributed by atoms with Gasteiger partial charge in [0.05, 0.1) is 7.11 Å². The number of sulfonamides is 1. The number of methoxy groups -OCH3 is 1. The zero-order valence-corrected chi connectivity index (χ0v) is 14.6. The molecule has 5 nitrogen and oxygen atoms in total. The van der Waals surface area contributed by atoms with Crippen molar-refractivity contribution < 1.29 is 13.2 Å². The monoisotopic (exact) mass is 376 g/mol. The zero-order valence-electron chi connectivity index (χ0n) is 12.2. The summed E-state index contributed by atoms with van der Waals surface area (Å²) in [7, 11) is -2.20. The standard InChI is InChI=1S/C14H21BrN2O3S/c1-9-4-3-5-10(6-9)17-21(18,19)14-8-12(16)11(15)7-13(14)20-2/h7-10,17H,3-6,16H2,1-2H3. The molecular weight excluding hydrogens is 356 g/mol. The van der Waals surface area contributed by atoms with Crippen LogP contribution >= 0.6 is 15.9 Å². The van der Waals surface area contributed by atoms with Crippen molar-refractivity contribution in [2.75, 3.05) is 12.8 Å². The van der Waals surface area contributed by atoms with E-state index in [-0.39, 0.29) is 16.7 Å². The smallest absolute Gasteiger partial charge is 0.244 e. The van der Waals surface area contributed by atoms with Gasteiger partial charge in [-0.15, -0.1) is 0 Å². The lowest BCUT2D eigenvalue weighted by molar-refractivity contribution is 0.327. The molecule has 1 aromatic rings. The molecule has 1 fully saturated rings. The van der Waals surface area contributed by atoms with Gasteiger partial charge < -0.3 is 10.5 Å². The first-order chi connectivity index (χ1) is 9.83. The Kier molecular flexibility index (Phi) is 5.16. The predicted octanol–water partition coefficient (Wildman–Crippen LogP) is 2.90. The maximum absolute atomic E-state index is 12.6. The number of nitrogens with one attached hydrogen (secondary N) is 1. The van der Waals surface area contributed by atoms with Crippen LogP contribution < -0.4 is 15.2 Å². The molecule has 0 heterocycles. The van der Waals surface area contributed by atoms with E-state index < -0.39 is 10.0 Å². The number of hydrogen-bond acceptors (Lipinski definition) is 4. The zero-order chi connectivity index (χ0) is 15.6. The van der Waals surface area contributed by atoms with E-state index in [2.05, 4.69) is 27.6 Å². The van der Waals surface area contributed by atoms with Gasteiger partial charge in [0, 0.05) is 16.2 Å². The maximum Gasteiger partial charge on any atom is 0.244 e. The van der Waals surface area contributed by atoms with E-state index in [0.29, 0.717) is 16.1 Å². The molecular formula is C14H21BrN2O3S. The molecule has 0 aromatic heterocycles. The molecule has 0 radical (unpaired) electrons. The highest BCUT2D eigenvalue weighted by molar-refractivity contribution is 9.10. The number of anilines is 1. The van der Waals surface area contributed by atoms with Crippen LogP contribution in [0.15, 0.2) is 21.5 Å². The summed E-state index contributed by atoms with van der Waals surface area (Å²) in [6.45, 7) is 2.15. The van der Waals surface area contributed by atoms with Gasteiger partial charge in [-0.25, -0.2) is 13.1 Å². The van der Waals surface area contributed by atoms with Gasteiger partial charge in [-0.1, -0.05) is 19.8 Å². The average molecular weight is 377 g/mol. The number of nitrogen functional groups attached to an aromatic ring is 1. The fourth-order valence-corrected chi connectivity index (χ4v) is 4.54. The number of halogens is 1. The fraction of sp³-hybridized carbons (Fsp3) is 0.571. The van der Waals surface area contributed by atoms with Crippen molar-refractivity contribution in [2.24, 2.45) is 5.92 Å². The van der Waals surface area contributed by atoms with Gasteiger partial charge in [-0.3, -0.25) is 0 Å². The molecule has 2 atom stereocenters. The summed E-state index contributed by atoms with van der Waals surface area (Å²) >= 11 is 3.27. The summed E-state index contributed by atoms with van der Waals surface area (Å²) in [4.78, 5) is 0.0870. The maximum atomic E-state index is 12.6. The molecule has 3 N–H and O–H groups in total. The van der Waals surface area contributed by atoms with Crippen molar-refractivity contribution in [3.8, 4) is 5.75 Å². The van der Waals surface area contributed by atoms with Crippen molar-refractivity contribution in [1.29, 1.82) is 0 Å². The van der Waals surface area contributed by atoms with Crippen molar-refractivity contribution in [1.82, 2.24) is 4.72 Å². The van der Waals surface area contributed by atoms with Gasteiger partial charge in [-0.05, 0) is 46.8 Å². The van der Waals surface area contributed by atoms with Gasteiger partial charge in [0.1, 0.15) is 10.6 Å². The van der Waals surface area contributed by atoms with Crippen LogP contribution in [0, 0.1) is 5.92 Å². The van der Waals surface area contributed by atoms with Crippen LogP contribution in [0.4, 0.5) is 5.69 Å². The van der Waals surface area contributed by atoms with Crippen molar-refractivity contribution >= 4 is 31.6 Å². The quantitative estimate of drug-likeness (QED) is 0.791. The van der Waals surface area contributed by atoms with E-state index in [0.717, 1.165) is 25.7 Å². The lowest BCUT2D eigenvalue weighted by Gasteiger charge is -2.27. The van der Waals surface area contributed by atoms with Crippen molar-refractivity contribution in [3.05, 3.63) is 16.6 Å². The number of ether oxygens (including phenoxy) is 1. The molecule has 2 unspecified atom stereocenters. The van der Waals surface area contributed by atoms with Crippen LogP contribution in [-0.2, 0) is 10.0 Å². The van der Waals surface area contributed by atoms with Gasteiger partial charge in [0.2, 0.25) is 10.0 Å². The van der Waals surface area contributed by atoms with Gasteiger partial charge in [0.25, 0.3) is 0 Å². The van der Waals surface area contributed by atoms with Crippen LogP contribution in [0.5, 0.6) is 5.75 Å². The molecule has 2 rings (SSSR count). The van der Waals surface area contributed by atoms with Gasteiger partial charge in [-0.2, -0.15) is 0 Å². The van der Waals surface area contributed by atoms with Crippen LogP contribution in [0.3, 0.4) is 0 Å². The van der Waals surface area contributed by atoms with E-state index >= 15 is 0 Å². The Hall–Kier alpha value is -0.790. The number of rotatable bonds is 4. The Balaban J connectivity index is 2.29. The Morgan fingerprint density at radius 2 is 2.10 bits per heavy atom. The summed E-state index contributed by atoms with van der Waals surface area (Å²) in [5.41, 5.74) is 6.17. The highest BCUT2D eigenvalue weighted by Crippen LogP contribution is 2.33. The van der Waals surface area contributed by atoms with E-state index in [9.17, 15) is 8.42 Å². The summed E-state index contributed by atoms with van der Waals surface area (Å²) in [6, 6.07) is 2.98. The number of nitrogens with two attached hydrogens (primary N) is 1. The molecule has 0 amide bonds. The summed E-state index contributed by atoms with van der Waals surface area (Å²) < 4.78 is 33.7. The first-order valence-electron chi connectivity index (χ1n) is 6.99. The second-order valence-corrected chi connectivity index (χ2v) is 8.15. The second-order valence-electron chi connectivity index (χ2n) is 5.61. The molecule has 1 aliphatic carbocycles. The summed E-state index contributed by atoms with van der Waals surface area (Å²) in [6.07, 6.45) is 3.95. The fourth-order valence-electron chi connectivity index (χ4n) is 2.74. The third kappa shape index (κ3) is 3.90. The minimum atomic E-state index is -3.64. The third-order valence-corrected chi connectivity index (χ3v) is 6.06. The largest absolute Gasteiger partial charge is 0.495 e. The van der Waals surface area contributed by atoms with Crippen LogP contribution in [0.1, 0.15) is 32.6 Å². The molecule has 0 aliphatic heterocycles. The topological polar surface area (TPSA) is 81.4 Å². The highest BCUT2D eigenvalue weighted by Gasteiger charge is 2.27. The van der Waals surface area contributed by atoms with Crippen molar-refractivity contribution in [2.45, 2.75) is 43.5 Å². The lowest BCUT2D eigenvalue weighted by atomic mass is 9.88.